The maximum absolute atomic E-state index is 5.92. The molecule has 100 valence electrons. The average Bonchev–Trinajstić information content (AvgIpc) is 2.92. The Balaban J connectivity index is 1.76. The Labute approximate surface area is 116 Å². The van der Waals surface area contributed by atoms with Gasteiger partial charge in [-0.2, -0.15) is 20.1 Å². The first-order valence-electron chi connectivity index (χ1n) is 6.44. The van der Waals surface area contributed by atoms with Crippen molar-refractivity contribution in [3.8, 4) is 5.95 Å². The molecule has 19 heavy (non-hydrogen) atoms. The number of nitrogens with one attached hydrogen (secondary N) is 1. The second kappa shape index (κ2) is 5.13. The van der Waals surface area contributed by atoms with Crippen molar-refractivity contribution >= 4 is 17.5 Å². The van der Waals surface area contributed by atoms with Gasteiger partial charge >= 0.3 is 0 Å². The zero-order valence-corrected chi connectivity index (χ0v) is 11.4. The third-order valence-electron chi connectivity index (χ3n) is 3.20. The van der Waals surface area contributed by atoms with Crippen LogP contribution in [0.1, 0.15) is 26.2 Å². The van der Waals surface area contributed by atoms with E-state index in [-0.39, 0.29) is 5.28 Å². The summed E-state index contributed by atoms with van der Waals surface area (Å²) >= 11 is 5.92. The standard InChI is InChI=1S/C12H15ClN6/c1-2-4-8-7-9(8)15-11-16-10(13)17-12(18-11)19-6-3-5-14-19/h3,5-6,8-9H,2,4,7H2,1H3,(H,15,16,17,18). The molecule has 1 aliphatic carbocycles. The highest BCUT2D eigenvalue weighted by atomic mass is 35.5. The molecule has 0 radical (unpaired) electrons. The van der Waals surface area contributed by atoms with Gasteiger partial charge in [0.15, 0.2) is 0 Å². The summed E-state index contributed by atoms with van der Waals surface area (Å²) in [6.45, 7) is 2.20. The minimum atomic E-state index is 0.177. The number of hydrogen-bond donors (Lipinski definition) is 1. The molecule has 6 nitrogen and oxygen atoms in total. The Morgan fingerprint density at radius 3 is 3.05 bits per heavy atom. The van der Waals surface area contributed by atoms with E-state index in [1.54, 1.807) is 17.1 Å². The molecular weight excluding hydrogens is 264 g/mol. The third-order valence-corrected chi connectivity index (χ3v) is 3.37. The molecule has 0 bridgehead atoms. The Bertz CT molecular complexity index is 555. The molecule has 0 saturated heterocycles. The predicted molar refractivity (Wildman–Crippen MR) is 72.4 cm³/mol. The van der Waals surface area contributed by atoms with E-state index in [0.717, 1.165) is 5.92 Å². The van der Waals surface area contributed by atoms with E-state index < -0.39 is 0 Å². The zero-order chi connectivity index (χ0) is 13.2. The first kappa shape index (κ1) is 12.3. The van der Waals surface area contributed by atoms with Crippen molar-refractivity contribution < 1.29 is 0 Å². The van der Waals surface area contributed by atoms with Crippen LogP contribution in [0.4, 0.5) is 5.95 Å². The SMILES string of the molecule is CCCC1CC1Nc1nc(Cl)nc(-n2cccn2)n1. The Hall–Kier alpha value is -1.69. The molecule has 1 saturated carbocycles. The smallest absolute Gasteiger partial charge is 0.256 e. The summed E-state index contributed by atoms with van der Waals surface area (Å²) in [5, 5.41) is 7.57. The molecule has 0 amide bonds. The summed E-state index contributed by atoms with van der Waals surface area (Å²) in [5.41, 5.74) is 0. The van der Waals surface area contributed by atoms with Gasteiger partial charge in [-0.25, -0.2) is 4.68 Å². The fraction of sp³-hybridized carbons (Fsp3) is 0.500. The predicted octanol–water partition coefficient (Wildman–Crippen LogP) is 2.31. The van der Waals surface area contributed by atoms with E-state index in [1.165, 1.54) is 19.3 Å². The Kier molecular flexibility index (Phi) is 3.33. The van der Waals surface area contributed by atoms with Gasteiger partial charge < -0.3 is 5.32 Å². The molecule has 1 N–H and O–H groups in total. The van der Waals surface area contributed by atoms with Crippen molar-refractivity contribution in [2.75, 3.05) is 5.32 Å². The van der Waals surface area contributed by atoms with Crippen LogP contribution in [-0.4, -0.2) is 30.8 Å². The highest BCUT2D eigenvalue weighted by molar-refractivity contribution is 6.28. The summed E-state index contributed by atoms with van der Waals surface area (Å²) in [4.78, 5) is 12.5. The minimum Gasteiger partial charge on any atom is -0.351 e. The van der Waals surface area contributed by atoms with Crippen molar-refractivity contribution in [2.45, 2.75) is 32.2 Å². The molecule has 2 aromatic rings. The number of aromatic nitrogens is 5. The molecule has 2 unspecified atom stereocenters. The van der Waals surface area contributed by atoms with Gasteiger partial charge in [-0.3, -0.25) is 0 Å². The van der Waals surface area contributed by atoms with Crippen molar-refractivity contribution in [3.63, 3.8) is 0 Å². The maximum atomic E-state index is 5.92. The molecule has 2 heterocycles. The van der Waals surface area contributed by atoms with Gasteiger partial charge in [0, 0.05) is 18.4 Å². The van der Waals surface area contributed by atoms with Crippen molar-refractivity contribution in [1.29, 1.82) is 0 Å². The molecular formula is C12H15ClN6. The molecule has 1 fully saturated rings. The molecule has 2 aromatic heterocycles. The highest BCUT2D eigenvalue weighted by Gasteiger charge is 2.36. The van der Waals surface area contributed by atoms with Crippen molar-refractivity contribution in [2.24, 2.45) is 5.92 Å². The van der Waals surface area contributed by atoms with Crippen LogP contribution in [-0.2, 0) is 0 Å². The van der Waals surface area contributed by atoms with Crippen molar-refractivity contribution in [3.05, 3.63) is 23.7 Å². The van der Waals surface area contributed by atoms with E-state index >= 15 is 0 Å². The maximum Gasteiger partial charge on any atom is 0.256 e. The van der Waals surface area contributed by atoms with Gasteiger partial charge in [0.05, 0.1) is 0 Å². The van der Waals surface area contributed by atoms with E-state index in [2.05, 4.69) is 32.3 Å². The van der Waals surface area contributed by atoms with Crippen molar-refractivity contribution in [1.82, 2.24) is 24.7 Å². The number of hydrogen-bond acceptors (Lipinski definition) is 5. The molecule has 0 aliphatic heterocycles. The van der Waals surface area contributed by atoms with E-state index in [9.17, 15) is 0 Å². The van der Waals surface area contributed by atoms with Crippen LogP contribution in [0.3, 0.4) is 0 Å². The molecule has 0 spiro atoms. The lowest BCUT2D eigenvalue weighted by Crippen LogP contribution is -2.12. The van der Waals surface area contributed by atoms with Crippen LogP contribution < -0.4 is 5.32 Å². The van der Waals surface area contributed by atoms with Crippen LogP contribution in [0.2, 0.25) is 5.28 Å². The summed E-state index contributed by atoms with van der Waals surface area (Å²) in [5.74, 6) is 1.68. The summed E-state index contributed by atoms with van der Waals surface area (Å²) in [6.07, 6.45) is 7.06. The number of anilines is 1. The third kappa shape index (κ3) is 2.84. The van der Waals surface area contributed by atoms with Crippen LogP contribution in [0.15, 0.2) is 18.5 Å². The topological polar surface area (TPSA) is 68.5 Å². The monoisotopic (exact) mass is 278 g/mol. The van der Waals surface area contributed by atoms with Crippen LogP contribution in [0, 0.1) is 5.92 Å². The van der Waals surface area contributed by atoms with E-state index in [0.29, 0.717) is 17.9 Å². The van der Waals surface area contributed by atoms with E-state index in [4.69, 9.17) is 11.6 Å². The molecule has 2 atom stereocenters. The second-order valence-electron chi connectivity index (χ2n) is 4.71. The van der Waals surface area contributed by atoms with Gasteiger partial charge in [-0.1, -0.05) is 13.3 Å². The van der Waals surface area contributed by atoms with Gasteiger partial charge in [0.25, 0.3) is 5.95 Å². The zero-order valence-electron chi connectivity index (χ0n) is 10.6. The average molecular weight is 279 g/mol. The Morgan fingerprint density at radius 2 is 2.32 bits per heavy atom. The molecule has 7 heteroatoms. The number of nitrogens with zero attached hydrogens (tertiary/aromatic N) is 5. The summed E-state index contributed by atoms with van der Waals surface area (Å²) in [7, 11) is 0. The Morgan fingerprint density at radius 1 is 1.42 bits per heavy atom. The second-order valence-corrected chi connectivity index (χ2v) is 5.05. The van der Waals surface area contributed by atoms with Gasteiger partial charge in [-0.15, -0.1) is 0 Å². The first-order valence-corrected chi connectivity index (χ1v) is 6.82. The quantitative estimate of drug-likeness (QED) is 0.909. The van der Waals surface area contributed by atoms with Gasteiger partial charge in [0.2, 0.25) is 11.2 Å². The lowest BCUT2D eigenvalue weighted by Gasteiger charge is -2.06. The highest BCUT2D eigenvalue weighted by Crippen LogP contribution is 2.36. The molecule has 1 aliphatic rings. The summed E-state index contributed by atoms with van der Waals surface area (Å²) in [6, 6.07) is 2.27. The van der Waals surface area contributed by atoms with Crippen LogP contribution in [0.25, 0.3) is 5.95 Å². The molecule has 0 aromatic carbocycles. The fourth-order valence-corrected chi connectivity index (χ4v) is 2.33. The minimum absolute atomic E-state index is 0.177. The molecule has 3 rings (SSSR count). The summed E-state index contributed by atoms with van der Waals surface area (Å²) < 4.78 is 1.56. The van der Waals surface area contributed by atoms with Crippen LogP contribution >= 0.6 is 11.6 Å². The van der Waals surface area contributed by atoms with Gasteiger partial charge in [-0.05, 0) is 36.4 Å². The van der Waals surface area contributed by atoms with Gasteiger partial charge in [0.1, 0.15) is 0 Å². The van der Waals surface area contributed by atoms with Crippen LogP contribution in [0.5, 0.6) is 0 Å². The number of rotatable bonds is 5. The first-order chi connectivity index (χ1) is 9.26. The normalized spacial score (nSPS) is 21.4. The largest absolute Gasteiger partial charge is 0.351 e. The lowest BCUT2D eigenvalue weighted by atomic mass is 10.2. The number of halogens is 1. The lowest BCUT2D eigenvalue weighted by molar-refractivity contribution is 0.690. The fourth-order valence-electron chi connectivity index (χ4n) is 2.17. The van der Waals surface area contributed by atoms with E-state index in [1.807, 2.05) is 6.07 Å².